The second-order valence-corrected chi connectivity index (χ2v) is 12.3. The number of methoxy groups -OCH3 is 1. The van der Waals surface area contributed by atoms with Crippen LogP contribution in [0.4, 0.5) is 5.69 Å². The van der Waals surface area contributed by atoms with Crippen molar-refractivity contribution in [3.63, 3.8) is 0 Å². The van der Waals surface area contributed by atoms with Crippen LogP contribution in [0, 0.1) is 12.8 Å². The van der Waals surface area contributed by atoms with E-state index in [4.69, 9.17) is 9.47 Å². The molecule has 3 rings (SSSR count). The highest BCUT2D eigenvalue weighted by Gasteiger charge is 2.33. The lowest BCUT2D eigenvalue weighted by molar-refractivity contribution is -0.139. The number of sulfonamides is 1. The lowest BCUT2D eigenvalue weighted by Crippen LogP contribution is -2.51. The Morgan fingerprint density at radius 1 is 0.929 bits per heavy atom. The summed E-state index contributed by atoms with van der Waals surface area (Å²) in [7, 11) is -2.64. The molecule has 226 valence electrons. The molecule has 10 heteroatoms. The number of ether oxygens (including phenoxy) is 2. The summed E-state index contributed by atoms with van der Waals surface area (Å²) in [5, 5.41) is 2.89. The SMILES string of the molecule is CCOc1ccccc1N(CC(=O)N(Cc1ccc(OC)cc1)[C@@H](C)C(=O)NCC(C)C)S(=O)(=O)c1ccc(C)cc1. The summed E-state index contributed by atoms with van der Waals surface area (Å²) >= 11 is 0. The van der Waals surface area contributed by atoms with Gasteiger partial charge in [-0.05, 0) is 68.7 Å². The minimum absolute atomic E-state index is 0.0385. The second-order valence-electron chi connectivity index (χ2n) is 10.4. The van der Waals surface area contributed by atoms with Gasteiger partial charge in [0.05, 0.1) is 24.3 Å². The van der Waals surface area contributed by atoms with Crippen LogP contribution in [-0.4, -0.2) is 58.0 Å². The molecule has 0 spiro atoms. The highest BCUT2D eigenvalue weighted by Crippen LogP contribution is 2.33. The number of para-hydroxylation sites is 2. The van der Waals surface area contributed by atoms with Crippen LogP contribution >= 0.6 is 0 Å². The second kappa shape index (κ2) is 14.7. The van der Waals surface area contributed by atoms with E-state index >= 15 is 0 Å². The summed E-state index contributed by atoms with van der Waals surface area (Å²) in [6.07, 6.45) is 0. The van der Waals surface area contributed by atoms with Crippen molar-refractivity contribution in [1.29, 1.82) is 0 Å². The lowest BCUT2D eigenvalue weighted by atomic mass is 10.1. The first-order valence-electron chi connectivity index (χ1n) is 14.0. The third-order valence-corrected chi connectivity index (χ3v) is 8.46. The number of hydrogen-bond donors (Lipinski definition) is 1. The molecule has 0 fully saturated rings. The number of rotatable bonds is 14. The predicted octanol–water partition coefficient (Wildman–Crippen LogP) is 4.79. The quantitative estimate of drug-likeness (QED) is 0.288. The third kappa shape index (κ3) is 8.25. The fourth-order valence-corrected chi connectivity index (χ4v) is 5.68. The number of hydrogen-bond acceptors (Lipinski definition) is 6. The highest BCUT2D eigenvalue weighted by atomic mass is 32.2. The van der Waals surface area contributed by atoms with Crippen LogP contribution in [0.5, 0.6) is 11.5 Å². The topological polar surface area (TPSA) is 105 Å². The summed E-state index contributed by atoms with van der Waals surface area (Å²) in [6, 6.07) is 19.4. The normalized spacial score (nSPS) is 12.0. The standard InChI is InChI=1S/C32H41N3O6S/c1-7-41-30-11-9-8-10-29(30)35(42(38,39)28-18-12-24(4)13-19-28)22-31(36)34(25(5)32(37)33-20-23(2)3)21-26-14-16-27(40-6)17-15-26/h8-19,23,25H,7,20-22H2,1-6H3,(H,33,37)/t25-/m0/s1. The zero-order chi connectivity index (χ0) is 30.9. The van der Waals surface area contributed by atoms with Crippen molar-refractivity contribution in [2.45, 2.75) is 52.1 Å². The number of carbonyl (C=O) groups excluding carboxylic acids is 2. The van der Waals surface area contributed by atoms with Crippen molar-refractivity contribution in [2.75, 3.05) is 31.1 Å². The molecule has 0 unspecified atom stereocenters. The summed E-state index contributed by atoms with van der Waals surface area (Å²) in [5.74, 6) is 0.334. The van der Waals surface area contributed by atoms with E-state index in [0.29, 0.717) is 24.7 Å². The molecule has 0 radical (unpaired) electrons. The van der Waals surface area contributed by atoms with Crippen LogP contribution in [-0.2, 0) is 26.2 Å². The van der Waals surface area contributed by atoms with Gasteiger partial charge in [-0.3, -0.25) is 13.9 Å². The molecule has 3 aromatic carbocycles. The first-order valence-corrected chi connectivity index (χ1v) is 15.4. The van der Waals surface area contributed by atoms with Gasteiger partial charge in [0.25, 0.3) is 10.0 Å². The zero-order valence-electron chi connectivity index (χ0n) is 25.2. The highest BCUT2D eigenvalue weighted by molar-refractivity contribution is 7.92. The van der Waals surface area contributed by atoms with Gasteiger partial charge in [-0.2, -0.15) is 0 Å². The first-order chi connectivity index (χ1) is 20.0. The summed E-state index contributed by atoms with van der Waals surface area (Å²) in [4.78, 5) is 28.7. The molecule has 3 aromatic rings. The molecule has 1 N–H and O–H groups in total. The van der Waals surface area contributed by atoms with Gasteiger partial charge in [-0.15, -0.1) is 0 Å². The molecule has 0 aliphatic carbocycles. The molecule has 0 saturated carbocycles. The Morgan fingerprint density at radius 3 is 2.17 bits per heavy atom. The van der Waals surface area contributed by atoms with Gasteiger partial charge in [-0.25, -0.2) is 8.42 Å². The fraction of sp³-hybridized carbons (Fsp3) is 0.375. The Balaban J connectivity index is 2.06. The molecular formula is C32H41N3O6S. The minimum atomic E-state index is -4.20. The number of amides is 2. The largest absolute Gasteiger partial charge is 0.497 e. The number of nitrogens with zero attached hydrogens (tertiary/aromatic N) is 2. The van der Waals surface area contributed by atoms with Crippen molar-refractivity contribution in [1.82, 2.24) is 10.2 Å². The molecule has 0 bridgehead atoms. The molecule has 9 nitrogen and oxygen atoms in total. The van der Waals surface area contributed by atoms with E-state index < -0.39 is 28.5 Å². The molecular weight excluding hydrogens is 554 g/mol. The molecule has 0 saturated heterocycles. The average molecular weight is 596 g/mol. The van der Waals surface area contributed by atoms with E-state index in [0.717, 1.165) is 15.4 Å². The predicted molar refractivity (Wildman–Crippen MR) is 164 cm³/mol. The average Bonchev–Trinajstić information content (AvgIpc) is 2.98. The lowest BCUT2D eigenvalue weighted by Gasteiger charge is -2.32. The smallest absolute Gasteiger partial charge is 0.264 e. The Morgan fingerprint density at radius 2 is 1.57 bits per heavy atom. The van der Waals surface area contributed by atoms with Crippen molar-refractivity contribution >= 4 is 27.5 Å². The molecule has 2 amide bonds. The molecule has 0 aliphatic heterocycles. The van der Waals surface area contributed by atoms with E-state index in [9.17, 15) is 18.0 Å². The molecule has 0 aliphatic rings. The Kier molecular flexibility index (Phi) is 11.4. The molecule has 1 atom stereocenters. The monoisotopic (exact) mass is 595 g/mol. The Labute approximate surface area is 249 Å². The van der Waals surface area contributed by atoms with Crippen molar-refractivity contribution in [3.05, 3.63) is 83.9 Å². The van der Waals surface area contributed by atoms with Crippen molar-refractivity contribution in [3.8, 4) is 11.5 Å². The van der Waals surface area contributed by atoms with Gasteiger partial charge in [0, 0.05) is 13.1 Å². The first kappa shape index (κ1) is 32.5. The molecule has 0 heterocycles. The van der Waals surface area contributed by atoms with E-state index in [1.807, 2.05) is 32.9 Å². The van der Waals surface area contributed by atoms with E-state index in [2.05, 4.69) is 5.32 Å². The van der Waals surface area contributed by atoms with Crippen LogP contribution in [0.25, 0.3) is 0 Å². The number of carbonyl (C=O) groups is 2. The number of nitrogens with one attached hydrogen (secondary N) is 1. The minimum Gasteiger partial charge on any atom is -0.497 e. The van der Waals surface area contributed by atoms with Gasteiger partial charge in [-0.1, -0.05) is 55.8 Å². The number of aryl methyl sites for hydroxylation is 1. The van der Waals surface area contributed by atoms with Crippen LogP contribution in [0.15, 0.2) is 77.7 Å². The number of anilines is 1. The van der Waals surface area contributed by atoms with Gasteiger partial charge in [0.15, 0.2) is 0 Å². The van der Waals surface area contributed by atoms with Crippen LogP contribution in [0.3, 0.4) is 0 Å². The third-order valence-electron chi connectivity index (χ3n) is 6.69. The Hall–Kier alpha value is -4.05. The zero-order valence-corrected chi connectivity index (χ0v) is 26.0. The van der Waals surface area contributed by atoms with Crippen molar-refractivity contribution in [2.24, 2.45) is 5.92 Å². The van der Waals surface area contributed by atoms with Gasteiger partial charge >= 0.3 is 0 Å². The van der Waals surface area contributed by atoms with Crippen LogP contribution < -0.4 is 19.1 Å². The Bertz CT molecular complexity index is 1440. The summed E-state index contributed by atoms with van der Waals surface area (Å²) in [6.45, 7) is 9.57. The van der Waals surface area contributed by atoms with E-state index in [1.54, 1.807) is 69.5 Å². The van der Waals surface area contributed by atoms with Gasteiger partial charge in [0.2, 0.25) is 11.8 Å². The van der Waals surface area contributed by atoms with E-state index in [-0.39, 0.29) is 29.0 Å². The summed E-state index contributed by atoms with van der Waals surface area (Å²) in [5.41, 5.74) is 1.89. The number of benzene rings is 3. The van der Waals surface area contributed by atoms with Crippen LogP contribution in [0.2, 0.25) is 0 Å². The van der Waals surface area contributed by atoms with Crippen molar-refractivity contribution < 1.29 is 27.5 Å². The maximum atomic E-state index is 14.1. The summed E-state index contributed by atoms with van der Waals surface area (Å²) < 4.78 is 40.2. The van der Waals surface area contributed by atoms with Gasteiger partial charge < -0.3 is 19.7 Å². The van der Waals surface area contributed by atoms with Gasteiger partial charge in [0.1, 0.15) is 24.1 Å². The fourth-order valence-electron chi connectivity index (χ4n) is 4.25. The van der Waals surface area contributed by atoms with Crippen LogP contribution in [0.1, 0.15) is 38.8 Å². The maximum Gasteiger partial charge on any atom is 0.264 e. The molecule has 42 heavy (non-hydrogen) atoms. The maximum absolute atomic E-state index is 14.1. The van der Waals surface area contributed by atoms with E-state index in [1.165, 1.54) is 17.0 Å². The molecule has 0 aromatic heterocycles.